The molecule has 0 fully saturated rings. The third-order valence-corrected chi connectivity index (χ3v) is 5.21. The van der Waals surface area contributed by atoms with Crippen molar-refractivity contribution in [3.8, 4) is 17.2 Å². The van der Waals surface area contributed by atoms with Gasteiger partial charge in [-0.15, -0.1) is 0 Å². The van der Waals surface area contributed by atoms with Gasteiger partial charge in [0.15, 0.2) is 11.5 Å². The van der Waals surface area contributed by atoms with Crippen LogP contribution >= 0.6 is 0 Å². The Bertz CT molecular complexity index is 977. The normalized spacial score (nSPS) is 16.0. The van der Waals surface area contributed by atoms with E-state index in [0.29, 0.717) is 34.1 Å². The smallest absolute Gasteiger partial charge is 0.338 e. The van der Waals surface area contributed by atoms with Crippen molar-refractivity contribution < 1.29 is 28.5 Å². The largest absolute Gasteiger partial charge is 0.493 e. The minimum absolute atomic E-state index is 0.121. The van der Waals surface area contributed by atoms with Crippen LogP contribution in [-0.2, 0) is 16.1 Å². The summed E-state index contributed by atoms with van der Waals surface area (Å²) >= 11 is 0. The Morgan fingerprint density at radius 2 is 1.65 bits per heavy atom. The van der Waals surface area contributed by atoms with E-state index in [9.17, 15) is 9.59 Å². The van der Waals surface area contributed by atoms with Crippen LogP contribution in [0.15, 0.2) is 53.7 Å². The fourth-order valence-corrected chi connectivity index (χ4v) is 3.42. The van der Waals surface area contributed by atoms with E-state index in [1.165, 1.54) is 26.2 Å². The van der Waals surface area contributed by atoms with Crippen LogP contribution in [0, 0.1) is 0 Å². The van der Waals surface area contributed by atoms with Crippen molar-refractivity contribution in [2.75, 3.05) is 28.4 Å². The highest BCUT2D eigenvalue weighted by molar-refractivity contribution is 5.95. The third-order valence-electron chi connectivity index (χ3n) is 5.21. The Morgan fingerprint density at radius 1 is 1.03 bits per heavy atom. The summed E-state index contributed by atoms with van der Waals surface area (Å²) in [6, 6.07) is 11.7. The van der Waals surface area contributed by atoms with Gasteiger partial charge in [0.1, 0.15) is 6.61 Å². The molecule has 0 saturated heterocycles. The number of nitrogens with zero attached hydrogens (tertiary/aromatic N) is 1. The molecule has 2 aromatic carbocycles. The predicted octanol–water partition coefficient (Wildman–Crippen LogP) is 3.43. The molecule has 3 rings (SSSR count). The first-order valence-electron chi connectivity index (χ1n) is 9.67. The number of amides is 2. The maximum Gasteiger partial charge on any atom is 0.338 e. The second-order valence-electron chi connectivity index (χ2n) is 6.96. The maximum atomic E-state index is 13.1. The maximum absolute atomic E-state index is 13.1. The number of rotatable bonds is 7. The molecule has 0 aromatic heterocycles. The van der Waals surface area contributed by atoms with Gasteiger partial charge in [-0.1, -0.05) is 30.3 Å². The monoisotopic (exact) mass is 426 g/mol. The number of carbonyl (C=O) groups excluding carboxylic acids is 2. The van der Waals surface area contributed by atoms with Gasteiger partial charge < -0.3 is 29.2 Å². The fourth-order valence-electron chi connectivity index (χ4n) is 3.42. The average Bonchev–Trinajstić information content (AvgIpc) is 2.80. The molecule has 2 amide bonds. The highest BCUT2D eigenvalue weighted by atomic mass is 16.5. The summed E-state index contributed by atoms with van der Waals surface area (Å²) in [6.45, 7) is 1.83. The standard InChI is InChI=1S/C23H26N2O6/c1-14-19(22(26)31-13-15-9-7-6-8-10-15)20(24-23(27)25(14)2)16-11-17(28-3)21(30-5)18(12-16)29-4/h6-12,20H,13H2,1-5H3,(H,24,27). The molecule has 164 valence electrons. The molecule has 1 N–H and O–H groups in total. The summed E-state index contributed by atoms with van der Waals surface area (Å²) in [5.74, 6) is 0.730. The van der Waals surface area contributed by atoms with Crippen molar-refractivity contribution in [2.45, 2.75) is 19.6 Å². The van der Waals surface area contributed by atoms with Crippen LogP contribution in [0.4, 0.5) is 4.79 Å². The Hall–Kier alpha value is -3.68. The minimum Gasteiger partial charge on any atom is -0.493 e. The van der Waals surface area contributed by atoms with Gasteiger partial charge in [-0.25, -0.2) is 9.59 Å². The Balaban J connectivity index is 2.01. The highest BCUT2D eigenvalue weighted by Gasteiger charge is 2.36. The van der Waals surface area contributed by atoms with Gasteiger partial charge in [0.25, 0.3) is 0 Å². The number of benzene rings is 2. The number of methoxy groups -OCH3 is 3. The minimum atomic E-state index is -0.749. The number of urea groups is 1. The van der Waals surface area contributed by atoms with Crippen molar-refractivity contribution in [1.82, 2.24) is 10.2 Å². The summed E-state index contributed by atoms with van der Waals surface area (Å²) in [4.78, 5) is 27.0. The summed E-state index contributed by atoms with van der Waals surface area (Å²) in [7, 11) is 6.11. The van der Waals surface area contributed by atoms with Crippen LogP contribution in [0.1, 0.15) is 24.1 Å². The average molecular weight is 426 g/mol. The molecule has 8 heteroatoms. The van der Waals surface area contributed by atoms with E-state index >= 15 is 0 Å². The van der Waals surface area contributed by atoms with Gasteiger partial charge in [0.05, 0.1) is 32.9 Å². The van der Waals surface area contributed by atoms with Gasteiger partial charge in [0.2, 0.25) is 5.75 Å². The first kappa shape index (κ1) is 22.0. The van der Waals surface area contributed by atoms with Crippen LogP contribution in [0.5, 0.6) is 17.2 Å². The molecule has 0 bridgehead atoms. The second-order valence-corrected chi connectivity index (χ2v) is 6.96. The lowest BCUT2D eigenvalue weighted by Crippen LogP contribution is -2.46. The molecule has 31 heavy (non-hydrogen) atoms. The molecule has 1 atom stereocenters. The zero-order chi connectivity index (χ0) is 22.5. The van der Waals surface area contributed by atoms with Crippen molar-refractivity contribution in [1.29, 1.82) is 0 Å². The van der Waals surface area contributed by atoms with Crippen LogP contribution in [0.2, 0.25) is 0 Å². The zero-order valence-electron chi connectivity index (χ0n) is 18.2. The molecular formula is C23H26N2O6. The molecule has 0 saturated carbocycles. The van der Waals surface area contributed by atoms with Gasteiger partial charge in [-0.05, 0) is 30.2 Å². The van der Waals surface area contributed by atoms with E-state index < -0.39 is 12.0 Å². The first-order chi connectivity index (χ1) is 14.9. The first-order valence-corrected chi connectivity index (χ1v) is 9.67. The highest BCUT2D eigenvalue weighted by Crippen LogP contribution is 2.42. The molecular weight excluding hydrogens is 400 g/mol. The summed E-state index contributed by atoms with van der Waals surface area (Å²) in [5.41, 5.74) is 2.29. The summed E-state index contributed by atoms with van der Waals surface area (Å²) < 4.78 is 21.8. The number of ether oxygens (including phenoxy) is 4. The number of allylic oxidation sites excluding steroid dienone is 1. The zero-order valence-corrected chi connectivity index (χ0v) is 18.2. The molecule has 1 heterocycles. The van der Waals surface area contributed by atoms with Crippen molar-refractivity contribution in [2.24, 2.45) is 0 Å². The second kappa shape index (κ2) is 9.42. The molecule has 0 spiro atoms. The number of hydrogen-bond acceptors (Lipinski definition) is 6. The quantitative estimate of drug-likeness (QED) is 0.683. The molecule has 1 aliphatic heterocycles. The summed E-state index contributed by atoms with van der Waals surface area (Å²) in [6.07, 6.45) is 0. The van der Waals surface area contributed by atoms with E-state index in [2.05, 4.69) is 5.32 Å². The lowest BCUT2D eigenvalue weighted by atomic mass is 9.94. The van der Waals surface area contributed by atoms with E-state index in [0.717, 1.165) is 5.56 Å². The lowest BCUT2D eigenvalue weighted by Gasteiger charge is -2.33. The molecule has 8 nitrogen and oxygen atoms in total. The SMILES string of the molecule is COc1cc(C2NC(=O)N(C)C(C)=C2C(=O)OCc2ccccc2)cc(OC)c1OC. The van der Waals surface area contributed by atoms with Crippen LogP contribution in [-0.4, -0.2) is 45.3 Å². The van der Waals surface area contributed by atoms with Crippen molar-refractivity contribution >= 4 is 12.0 Å². The van der Waals surface area contributed by atoms with E-state index in [1.54, 1.807) is 26.1 Å². The van der Waals surface area contributed by atoms with E-state index in [4.69, 9.17) is 18.9 Å². The topological polar surface area (TPSA) is 86.3 Å². The lowest BCUT2D eigenvalue weighted by molar-refractivity contribution is -0.141. The number of esters is 1. The molecule has 0 aliphatic carbocycles. The Kier molecular flexibility index (Phi) is 6.69. The van der Waals surface area contributed by atoms with Gasteiger partial charge >= 0.3 is 12.0 Å². The van der Waals surface area contributed by atoms with Crippen molar-refractivity contribution in [3.05, 3.63) is 64.9 Å². The van der Waals surface area contributed by atoms with Gasteiger partial charge in [-0.3, -0.25) is 0 Å². The molecule has 0 radical (unpaired) electrons. The number of nitrogens with one attached hydrogen (secondary N) is 1. The number of hydrogen-bond donors (Lipinski definition) is 1. The van der Waals surface area contributed by atoms with E-state index in [-0.39, 0.29) is 12.6 Å². The van der Waals surface area contributed by atoms with E-state index in [1.807, 2.05) is 30.3 Å². The Morgan fingerprint density at radius 3 is 2.19 bits per heavy atom. The van der Waals surface area contributed by atoms with Gasteiger partial charge in [-0.2, -0.15) is 0 Å². The molecule has 2 aromatic rings. The Labute approximate surface area is 181 Å². The summed E-state index contributed by atoms with van der Waals surface area (Å²) in [5, 5.41) is 2.86. The van der Waals surface area contributed by atoms with Crippen LogP contribution in [0.25, 0.3) is 0 Å². The van der Waals surface area contributed by atoms with Crippen molar-refractivity contribution in [3.63, 3.8) is 0 Å². The fraction of sp³-hybridized carbons (Fsp3) is 0.304. The third kappa shape index (κ3) is 4.42. The molecule has 1 aliphatic rings. The molecule has 1 unspecified atom stereocenters. The van der Waals surface area contributed by atoms with Crippen LogP contribution < -0.4 is 19.5 Å². The van der Waals surface area contributed by atoms with Gasteiger partial charge in [0, 0.05) is 12.7 Å². The predicted molar refractivity (Wildman–Crippen MR) is 114 cm³/mol. The number of carbonyl (C=O) groups is 2. The van der Waals surface area contributed by atoms with Crippen LogP contribution in [0.3, 0.4) is 0 Å².